The lowest BCUT2D eigenvalue weighted by atomic mass is 10.1. The van der Waals surface area contributed by atoms with Crippen LogP contribution in [0, 0.1) is 22.7 Å². The van der Waals surface area contributed by atoms with Crippen molar-refractivity contribution in [3.05, 3.63) is 59.2 Å². The summed E-state index contributed by atoms with van der Waals surface area (Å²) in [5.74, 6) is 0. The summed E-state index contributed by atoms with van der Waals surface area (Å²) in [7, 11) is 0. The number of nitrogens with one attached hydrogen (secondary N) is 1. The quantitative estimate of drug-likeness (QED) is 0.817. The van der Waals surface area contributed by atoms with Crippen molar-refractivity contribution in [3.63, 3.8) is 0 Å². The molecule has 0 bridgehead atoms. The van der Waals surface area contributed by atoms with E-state index in [0.717, 1.165) is 11.3 Å². The molecule has 0 saturated heterocycles. The highest BCUT2D eigenvalue weighted by Gasteiger charge is 2.03. The van der Waals surface area contributed by atoms with Crippen LogP contribution < -0.4 is 11.1 Å². The number of hydrogen-bond donors (Lipinski definition) is 2. The van der Waals surface area contributed by atoms with Gasteiger partial charge in [-0.05, 0) is 29.8 Å². The molecule has 4 heteroatoms. The number of para-hydroxylation sites is 1. The van der Waals surface area contributed by atoms with Crippen LogP contribution in [0.15, 0.2) is 42.5 Å². The molecule has 0 fully saturated rings. The van der Waals surface area contributed by atoms with Crippen LogP contribution in [0.3, 0.4) is 0 Å². The fraction of sp³-hybridized carbons (Fsp3) is 0.0667. The molecule has 0 unspecified atom stereocenters. The van der Waals surface area contributed by atoms with Crippen molar-refractivity contribution in [2.75, 3.05) is 11.1 Å². The molecule has 92 valence electrons. The van der Waals surface area contributed by atoms with Gasteiger partial charge in [-0.3, -0.25) is 0 Å². The average Bonchev–Trinajstić information content (AvgIpc) is 2.47. The second kappa shape index (κ2) is 5.57. The Kier molecular flexibility index (Phi) is 3.66. The van der Waals surface area contributed by atoms with Crippen molar-refractivity contribution in [2.24, 2.45) is 0 Å². The first-order valence-corrected chi connectivity index (χ1v) is 5.76. The minimum atomic E-state index is 0.457. The summed E-state index contributed by atoms with van der Waals surface area (Å²) >= 11 is 0. The number of nitrogens with two attached hydrogens (primary N) is 1. The van der Waals surface area contributed by atoms with Gasteiger partial charge in [0.05, 0.1) is 28.6 Å². The van der Waals surface area contributed by atoms with E-state index in [-0.39, 0.29) is 0 Å². The number of anilines is 2. The second-order valence-electron chi connectivity index (χ2n) is 4.04. The third kappa shape index (κ3) is 2.83. The van der Waals surface area contributed by atoms with Crippen LogP contribution in [-0.4, -0.2) is 0 Å². The van der Waals surface area contributed by atoms with Crippen LogP contribution in [0.1, 0.15) is 16.7 Å². The molecule has 19 heavy (non-hydrogen) atoms. The average molecular weight is 248 g/mol. The third-order valence-electron chi connectivity index (χ3n) is 2.79. The molecule has 0 atom stereocenters. The first-order valence-electron chi connectivity index (χ1n) is 5.76. The van der Waals surface area contributed by atoms with E-state index in [2.05, 4.69) is 11.4 Å². The van der Waals surface area contributed by atoms with Crippen molar-refractivity contribution in [2.45, 2.75) is 6.54 Å². The highest BCUT2D eigenvalue weighted by molar-refractivity contribution is 5.72. The number of nitrogen functional groups attached to an aromatic ring is 1. The van der Waals surface area contributed by atoms with E-state index < -0.39 is 0 Å². The van der Waals surface area contributed by atoms with Crippen LogP contribution in [0.4, 0.5) is 11.4 Å². The van der Waals surface area contributed by atoms with Crippen molar-refractivity contribution in [1.29, 1.82) is 10.5 Å². The van der Waals surface area contributed by atoms with E-state index in [1.54, 1.807) is 24.3 Å². The largest absolute Gasteiger partial charge is 0.396 e. The molecule has 0 radical (unpaired) electrons. The Balaban J connectivity index is 2.11. The Bertz CT molecular complexity index is 660. The van der Waals surface area contributed by atoms with Crippen molar-refractivity contribution in [1.82, 2.24) is 0 Å². The molecule has 0 aliphatic carbocycles. The highest BCUT2D eigenvalue weighted by atomic mass is 14.9. The molecular weight excluding hydrogens is 236 g/mol. The SMILES string of the molecule is N#Cc1ccc(CNc2cccc(C#N)c2N)cc1. The molecule has 0 aliphatic rings. The summed E-state index contributed by atoms with van der Waals surface area (Å²) in [6.45, 7) is 0.588. The van der Waals surface area contributed by atoms with Gasteiger partial charge < -0.3 is 11.1 Å². The smallest absolute Gasteiger partial charge is 0.101 e. The minimum absolute atomic E-state index is 0.457. The highest BCUT2D eigenvalue weighted by Crippen LogP contribution is 2.22. The van der Waals surface area contributed by atoms with Crippen molar-refractivity contribution >= 4 is 11.4 Å². The Morgan fingerprint density at radius 2 is 1.74 bits per heavy atom. The molecule has 3 N–H and O–H groups in total. The molecule has 2 rings (SSSR count). The summed E-state index contributed by atoms with van der Waals surface area (Å²) in [5, 5.41) is 20.8. The zero-order chi connectivity index (χ0) is 13.7. The van der Waals surface area contributed by atoms with Crippen LogP contribution in [0.2, 0.25) is 0 Å². The van der Waals surface area contributed by atoms with Crippen LogP contribution in [0.5, 0.6) is 0 Å². The Labute approximate surface area is 111 Å². The Hall–Kier alpha value is -2.98. The maximum atomic E-state index is 8.90. The molecule has 0 amide bonds. The monoisotopic (exact) mass is 248 g/mol. The van der Waals surface area contributed by atoms with Crippen molar-refractivity contribution in [3.8, 4) is 12.1 Å². The van der Waals surface area contributed by atoms with Gasteiger partial charge in [0.15, 0.2) is 0 Å². The van der Waals surface area contributed by atoms with E-state index in [1.807, 2.05) is 24.3 Å². The lowest BCUT2D eigenvalue weighted by molar-refractivity contribution is 1.15. The van der Waals surface area contributed by atoms with E-state index in [0.29, 0.717) is 23.4 Å². The normalized spacial score (nSPS) is 9.37. The van der Waals surface area contributed by atoms with Gasteiger partial charge in [-0.1, -0.05) is 18.2 Å². The van der Waals surface area contributed by atoms with Gasteiger partial charge in [-0.15, -0.1) is 0 Å². The number of nitrogens with zero attached hydrogens (tertiary/aromatic N) is 2. The molecule has 0 spiro atoms. The van der Waals surface area contributed by atoms with E-state index in [9.17, 15) is 0 Å². The minimum Gasteiger partial charge on any atom is -0.396 e. The fourth-order valence-electron chi connectivity index (χ4n) is 1.71. The molecule has 0 aliphatic heterocycles. The maximum Gasteiger partial charge on any atom is 0.101 e. The summed E-state index contributed by atoms with van der Waals surface area (Å²) in [6.07, 6.45) is 0. The van der Waals surface area contributed by atoms with Crippen LogP contribution in [0.25, 0.3) is 0 Å². The van der Waals surface area contributed by atoms with Gasteiger partial charge >= 0.3 is 0 Å². The molecule has 0 heterocycles. The topological polar surface area (TPSA) is 85.6 Å². The van der Waals surface area contributed by atoms with Gasteiger partial charge in [0.25, 0.3) is 0 Å². The molecular formula is C15H12N4. The lowest BCUT2D eigenvalue weighted by Gasteiger charge is -2.10. The van der Waals surface area contributed by atoms with Gasteiger partial charge in [-0.25, -0.2) is 0 Å². The molecule has 0 aromatic heterocycles. The Morgan fingerprint density at radius 1 is 1.00 bits per heavy atom. The van der Waals surface area contributed by atoms with Crippen LogP contribution >= 0.6 is 0 Å². The number of rotatable bonds is 3. The van der Waals surface area contributed by atoms with Crippen LogP contribution in [-0.2, 0) is 6.54 Å². The van der Waals surface area contributed by atoms with E-state index in [1.165, 1.54) is 0 Å². The summed E-state index contributed by atoms with van der Waals surface area (Å²) < 4.78 is 0. The Morgan fingerprint density at radius 3 is 2.37 bits per heavy atom. The molecule has 4 nitrogen and oxygen atoms in total. The van der Waals surface area contributed by atoms with E-state index >= 15 is 0 Å². The molecule has 2 aromatic rings. The summed E-state index contributed by atoms with van der Waals surface area (Å²) in [6, 6.07) is 16.7. The van der Waals surface area contributed by atoms with E-state index in [4.69, 9.17) is 16.3 Å². The predicted octanol–water partition coefficient (Wildman–Crippen LogP) is 2.62. The third-order valence-corrected chi connectivity index (χ3v) is 2.79. The van der Waals surface area contributed by atoms with Gasteiger partial charge in [-0.2, -0.15) is 10.5 Å². The first kappa shape index (κ1) is 12.5. The van der Waals surface area contributed by atoms with Crippen molar-refractivity contribution < 1.29 is 0 Å². The number of nitriles is 2. The zero-order valence-electron chi connectivity index (χ0n) is 10.2. The standard InChI is InChI=1S/C15H12N4/c16-8-11-4-6-12(7-5-11)10-19-14-3-1-2-13(9-17)15(14)18/h1-7,19H,10,18H2. The number of hydrogen-bond acceptors (Lipinski definition) is 4. The van der Waals surface area contributed by atoms with Gasteiger partial charge in [0, 0.05) is 6.54 Å². The lowest BCUT2D eigenvalue weighted by Crippen LogP contribution is -2.03. The summed E-state index contributed by atoms with van der Waals surface area (Å²) in [5.41, 5.74) is 9.21. The summed E-state index contributed by atoms with van der Waals surface area (Å²) in [4.78, 5) is 0. The zero-order valence-corrected chi connectivity index (χ0v) is 10.2. The fourth-order valence-corrected chi connectivity index (χ4v) is 1.71. The van der Waals surface area contributed by atoms with Gasteiger partial charge in [0.1, 0.15) is 6.07 Å². The maximum absolute atomic E-state index is 8.90. The molecule has 2 aromatic carbocycles. The molecule has 0 saturated carbocycles. The second-order valence-corrected chi connectivity index (χ2v) is 4.04. The number of benzene rings is 2. The predicted molar refractivity (Wildman–Crippen MR) is 74.1 cm³/mol. The van der Waals surface area contributed by atoms with Gasteiger partial charge in [0.2, 0.25) is 0 Å². The first-order chi connectivity index (χ1) is 9.24.